The number of amides is 1. The number of Topliss-reactive ketones (excluding diaryl/α,β-unsaturated/α-hetero) is 1. The summed E-state index contributed by atoms with van der Waals surface area (Å²) in [5, 5.41) is 11.0. The summed E-state index contributed by atoms with van der Waals surface area (Å²) in [5.41, 5.74) is 0.980. The fourth-order valence-electron chi connectivity index (χ4n) is 1.57. The summed E-state index contributed by atoms with van der Waals surface area (Å²) < 4.78 is 5.18. The summed E-state index contributed by atoms with van der Waals surface area (Å²) in [6.07, 6.45) is 0.378. The molecule has 86 valence electrons. The van der Waals surface area contributed by atoms with Gasteiger partial charge in [0.1, 0.15) is 5.75 Å². The van der Waals surface area contributed by atoms with Crippen LogP contribution in [0.15, 0.2) is 18.2 Å². The highest BCUT2D eigenvalue weighted by Crippen LogP contribution is 2.28. The summed E-state index contributed by atoms with van der Waals surface area (Å²) >= 11 is 0. The molecule has 0 unspecified atom stereocenters. The zero-order valence-electron chi connectivity index (χ0n) is 9.03. The van der Waals surface area contributed by atoms with E-state index in [1.165, 1.54) is 0 Å². The van der Waals surface area contributed by atoms with Gasteiger partial charge in [0.25, 0.3) is 5.91 Å². The fraction of sp³-hybridized carbons (Fsp3) is 0.250. The molecule has 1 aromatic rings. The SMILES string of the molecule is N#CCCC(=O)c1ccc2c(c1)NC(=O)CO2. The second kappa shape index (κ2) is 4.66. The maximum atomic E-state index is 11.7. The molecule has 1 N–H and O–H groups in total. The van der Waals surface area contributed by atoms with Crippen molar-refractivity contribution < 1.29 is 14.3 Å². The highest BCUT2D eigenvalue weighted by molar-refractivity contribution is 6.00. The van der Waals surface area contributed by atoms with Crippen LogP contribution in [0.5, 0.6) is 5.75 Å². The number of ketones is 1. The van der Waals surface area contributed by atoms with Gasteiger partial charge < -0.3 is 10.1 Å². The van der Waals surface area contributed by atoms with Crippen LogP contribution in [0.4, 0.5) is 5.69 Å². The second-order valence-electron chi connectivity index (χ2n) is 3.63. The first-order valence-electron chi connectivity index (χ1n) is 5.17. The Bertz CT molecular complexity index is 517. The number of carbonyl (C=O) groups excluding carboxylic acids is 2. The van der Waals surface area contributed by atoms with E-state index in [-0.39, 0.29) is 31.1 Å². The highest BCUT2D eigenvalue weighted by atomic mass is 16.5. The van der Waals surface area contributed by atoms with Gasteiger partial charge in [0.15, 0.2) is 12.4 Å². The predicted molar refractivity (Wildman–Crippen MR) is 59.7 cm³/mol. The van der Waals surface area contributed by atoms with Crippen LogP contribution in [0.3, 0.4) is 0 Å². The number of nitrogens with zero attached hydrogens (tertiary/aromatic N) is 1. The van der Waals surface area contributed by atoms with Crippen LogP contribution in [0.2, 0.25) is 0 Å². The smallest absolute Gasteiger partial charge is 0.262 e. The summed E-state index contributed by atoms with van der Waals surface area (Å²) in [7, 11) is 0. The number of fused-ring (bicyclic) bond motifs is 1. The lowest BCUT2D eigenvalue weighted by Crippen LogP contribution is -2.25. The lowest BCUT2D eigenvalue weighted by molar-refractivity contribution is -0.118. The van der Waals surface area contributed by atoms with Crippen LogP contribution >= 0.6 is 0 Å². The third-order valence-corrected chi connectivity index (χ3v) is 2.40. The van der Waals surface area contributed by atoms with Crippen molar-refractivity contribution in [2.24, 2.45) is 0 Å². The Balaban J connectivity index is 2.21. The van der Waals surface area contributed by atoms with Crippen molar-refractivity contribution in [3.8, 4) is 11.8 Å². The molecular formula is C12H10N2O3. The van der Waals surface area contributed by atoms with Gasteiger partial charge in [-0.05, 0) is 18.2 Å². The number of rotatable bonds is 3. The molecule has 17 heavy (non-hydrogen) atoms. The number of carbonyl (C=O) groups is 2. The van der Waals surface area contributed by atoms with Gasteiger partial charge in [-0.2, -0.15) is 5.26 Å². The Morgan fingerprint density at radius 2 is 2.35 bits per heavy atom. The van der Waals surface area contributed by atoms with Gasteiger partial charge in [-0.25, -0.2) is 0 Å². The Morgan fingerprint density at radius 1 is 1.53 bits per heavy atom. The molecule has 5 heteroatoms. The first-order chi connectivity index (χ1) is 8.20. The van der Waals surface area contributed by atoms with E-state index in [0.29, 0.717) is 17.0 Å². The molecule has 0 fully saturated rings. The first kappa shape index (κ1) is 11.1. The number of ether oxygens (including phenoxy) is 1. The normalized spacial score (nSPS) is 13.0. The van der Waals surface area contributed by atoms with E-state index in [0.717, 1.165) is 0 Å². The van der Waals surface area contributed by atoms with Crippen molar-refractivity contribution in [3.05, 3.63) is 23.8 Å². The van der Waals surface area contributed by atoms with E-state index in [1.54, 1.807) is 18.2 Å². The molecule has 0 saturated heterocycles. The molecule has 0 saturated carbocycles. The highest BCUT2D eigenvalue weighted by Gasteiger charge is 2.17. The van der Waals surface area contributed by atoms with E-state index >= 15 is 0 Å². The third-order valence-electron chi connectivity index (χ3n) is 2.40. The summed E-state index contributed by atoms with van der Waals surface area (Å²) in [6, 6.07) is 6.78. The maximum absolute atomic E-state index is 11.7. The number of nitrogens with one attached hydrogen (secondary N) is 1. The molecule has 0 atom stereocenters. The predicted octanol–water partition coefficient (Wildman–Crippen LogP) is 1.50. The van der Waals surface area contributed by atoms with E-state index in [4.69, 9.17) is 10.00 Å². The fourth-order valence-corrected chi connectivity index (χ4v) is 1.57. The topological polar surface area (TPSA) is 79.2 Å². The molecule has 1 aromatic carbocycles. The monoisotopic (exact) mass is 230 g/mol. The van der Waals surface area contributed by atoms with Crippen LogP contribution in [-0.4, -0.2) is 18.3 Å². The quantitative estimate of drug-likeness (QED) is 0.798. The summed E-state index contributed by atoms with van der Waals surface area (Å²) in [6.45, 7) is -0.00523. The van der Waals surface area contributed by atoms with Gasteiger partial charge in [0, 0.05) is 18.4 Å². The van der Waals surface area contributed by atoms with E-state index in [1.807, 2.05) is 6.07 Å². The minimum Gasteiger partial charge on any atom is -0.482 e. The zero-order chi connectivity index (χ0) is 12.3. The van der Waals surface area contributed by atoms with Crippen molar-refractivity contribution in [2.75, 3.05) is 11.9 Å². The molecule has 0 radical (unpaired) electrons. The number of hydrogen-bond acceptors (Lipinski definition) is 4. The van der Waals surface area contributed by atoms with Crippen molar-refractivity contribution in [1.29, 1.82) is 5.26 Å². The van der Waals surface area contributed by atoms with E-state index < -0.39 is 0 Å². The van der Waals surface area contributed by atoms with Gasteiger partial charge in [-0.3, -0.25) is 9.59 Å². The summed E-state index contributed by atoms with van der Waals surface area (Å²) in [5.74, 6) is 0.203. The largest absolute Gasteiger partial charge is 0.482 e. The average molecular weight is 230 g/mol. The minimum absolute atomic E-state index is 0.00523. The molecule has 1 aliphatic heterocycles. The van der Waals surface area contributed by atoms with Crippen LogP contribution in [0.1, 0.15) is 23.2 Å². The van der Waals surface area contributed by atoms with E-state index in [9.17, 15) is 9.59 Å². The van der Waals surface area contributed by atoms with Gasteiger partial charge in [-0.1, -0.05) is 0 Å². The number of hydrogen-bond donors (Lipinski definition) is 1. The molecule has 1 heterocycles. The Kier molecular flexibility index (Phi) is 3.06. The number of benzene rings is 1. The van der Waals surface area contributed by atoms with Gasteiger partial charge in [0.05, 0.1) is 11.8 Å². The van der Waals surface area contributed by atoms with E-state index in [2.05, 4.69) is 5.32 Å². The van der Waals surface area contributed by atoms with Crippen LogP contribution in [0, 0.1) is 11.3 Å². The molecule has 2 rings (SSSR count). The molecule has 0 aliphatic carbocycles. The van der Waals surface area contributed by atoms with Gasteiger partial charge in [0.2, 0.25) is 0 Å². The molecule has 0 aromatic heterocycles. The van der Waals surface area contributed by atoms with Crippen LogP contribution in [0.25, 0.3) is 0 Å². The molecular weight excluding hydrogens is 220 g/mol. The second-order valence-corrected chi connectivity index (χ2v) is 3.63. The molecule has 1 aliphatic rings. The number of nitriles is 1. The van der Waals surface area contributed by atoms with Crippen LogP contribution in [-0.2, 0) is 4.79 Å². The standard InChI is InChI=1S/C12H10N2O3/c13-5-1-2-10(15)8-3-4-11-9(6-8)14-12(16)7-17-11/h3-4,6H,1-2,7H2,(H,14,16). The molecule has 0 bridgehead atoms. The summed E-state index contributed by atoms with van der Waals surface area (Å²) in [4.78, 5) is 22.8. The van der Waals surface area contributed by atoms with Crippen molar-refractivity contribution in [2.45, 2.75) is 12.8 Å². The maximum Gasteiger partial charge on any atom is 0.262 e. The number of anilines is 1. The Hall–Kier alpha value is -2.35. The zero-order valence-corrected chi connectivity index (χ0v) is 9.03. The lowest BCUT2D eigenvalue weighted by Gasteiger charge is -2.18. The Morgan fingerprint density at radius 3 is 3.12 bits per heavy atom. The van der Waals surface area contributed by atoms with Crippen molar-refractivity contribution in [1.82, 2.24) is 0 Å². The first-order valence-corrected chi connectivity index (χ1v) is 5.17. The third kappa shape index (κ3) is 2.42. The molecule has 5 nitrogen and oxygen atoms in total. The van der Waals surface area contributed by atoms with Crippen molar-refractivity contribution >= 4 is 17.4 Å². The minimum atomic E-state index is -0.237. The van der Waals surface area contributed by atoms with Crippen molar-refractivity contribution in [3.63, 3.8) is 0 Å². The Labute approximate surface area is 98.0 Å². The average Bonchev–Trinajstić information content (AvgIpc) is 2.35. The van der Waals surface area contributed by atoms with Gasteiger partial charge >= 0.3 is 0 Å². The molecule has 0 spiro atoms. The van der Waals surface area contributed by atoms with Gasteiger partial charge in [-0.15, -0.1) is 0 Å². The lowest BCUT2D eigenvalue weighted by atomic mass is 10.1. The van der Waals surface area contributed by atoms with Crippen LogP contribution < -0.4 is 10.1 Å². The molecule has 1 amide bonds.